The molecule has 32 heavy (non-hydrogen) atoms. The number of hydrogen-bond donors (Lipinski definition) is 3. The van der Waals surface area contributed by atoms with Crippen LogP contribution in [-0.2, 0) is 17.1 Å². The van der Waals surface area contributed by atoms with Crippen LogP contribution in [0.5, 0.6) is 0 Å². The number of nitrogens with zero attached hydrogens (tertiary/aromatic N) is 2. The second-order valence-electron chi connectivity index (χ2n) is 7.71. The van der Waals surface area contributed by atoms with Gasteiger partial charge in [-0.05, 0) is 84.5 Å². The fourth-order valence-electron chi connectivity index (χ4n) is 3.96. The molecule has 0 aliphatic carbocycles. The molecule has 6 rings (SSSR count). The molecule has 5 nitrogen and oxygen atoms in total. The predicted octanol–water partition coefficient (Wildman–Crippen LogP) is 5.90. The normalized spacial score (nSPS) is 12.0. The molecular weight excluding hydrogens is 437 g/mol. The fraction of sp³-hybridized carbons (Fsp3) is 0. The molecule has 4 aromatic rings. The van der Waals surface area contributed by atoms with Crippen molar-refractivity contribution in [2.75, 3.05) is 5.73 Å². The maximum atomic E-state index is 6.05. The molecule has 5 heterocycles. The molecule has 8 bridgehead atoms. The van der Waals surface area contributed by atoms with E-state index in [9.17, 15) is 0 Å². The van der Waals surface area contributed by atoms with Crippen molar-refractivity contribution in [2.24, 2.45) is 0 Å². The van der Waals surface area contributed by atoms with Crippen molar-refractivity contribution >= 4 is 52.1 Å². The van der Waals surface area contributed by atoms with E-state index >= 15 is 0 Å². The summed E-state index contributed by atoms with van der Waals surface area (Å²) in [4.78, 5) is 16.4. The molecule has 1 aromatic carbocycles. The number of aromatic amines is 2. The third kappa shape index (κ3) is 3.89. The van der Waals surface area contributed by atoms with Gasteiger partial charge in [-0.1, -0.05) is 12.1 Å². The van der Waals surface area contributed by atoms with E-state index in [4.69, 9.17) is 10.7 Å². The van der Waals surface area contributed by atoms with Crippen LogP contribution in [-0.4, -0.2) is 19.9 Å². The second kappa shape index (κ2) is 8.00. The third-order valence-corrected chi connectivity index (χ3v) is 5.37. The minimum Gasteiger partial charge on any atom is -0.399 e. The van der Waals surface area contributed by atoms with E-state index in [0.29, 0.717) is 0 Å². The summed E-state index contributed by atoms with van der Waals surface area (Å²) in [5.74, 6) is 0. The van der Waals surface area contributed by atoms with E-state index in [1.165, 1.54) is 0 Å². The molecule has 2 aliphatic rings. The maximum absolute atomic E-state index is 6.05. The van der Waals surface area contributed by atoms with E-state index in [0.717, 1.165) is 61.7 Å². The number of fused-ring (bicyclic) bond motifs is 8. The van der Waals surface area contributed by atoms with Crippen LogP contribution in [0.3, 0.4) is 0 Å². The number of aromatic nitrogens is 4. The van der Waals surface area contributed by atoms with Crippen molar-refractivity contribution in [3.05, 3.63) is 89.5 Å². The van der Waals surface area contributed by atoms with Gasteiger partial charge in [0.2, 0.25) is 0 Å². The zero-order valence-electron chi connectivity index (χ0n) is 17.0. The Kier molecular flexibility index (Phi) is 5.02. The Bertz CT molecular complexity index is 1560. The molecule has 6 heteroatoms. The Labute approximate surface area is 195 Å². The molecule has 0 saturated carbocycles. The van der Waals surface area contributed by atoms with Crippen LogP contribution in [0.2, 0.25) is 0 Å². The molecule has 4 N–H and O–H groups in total. The molecular formula is C26H19MnN5. The smallest absolute Gasteiger partial charge is 0.0659 e. The van der Waals surface area contributed by atoms with Crippen molar-refractivity contribution in [2.45, 2.75) is 0 Å². The molecule has 0 unspecified atom stereocenters. The van der Waals surface area contributed by atoms with Gasteiger partial charge in [-0.3, -0.25) is 0 Å². The van der Waals surface area contributed by atoms with Crippen LogP contribution in [0, 0.1) is 0 Å². The molecule has 155 valence electrons. The van der Waals surface area contributed by atoms with Gasteiger partial charge >= 0.3 is 0 Å². The van der Waals surface area contributed by atoms with E-state index in [-0.39, 0.29) is 17.1 Å². The predicted molar refractivity (Wildman–Crippen MR) is 129 cm³/mol. The average molecular weight is 456 g/mol. The van der Waals surface area contributed by atoms with E-state index in [1.807, 2.05) is 54.6 Å². The van der Waals surface area contributed by atoms with Gasteiger partial charge < -0.3 is 15.7 Å². The third-order valence-electron chi connectivity index (χ3n) is 5.37. The topological polar surface area (TPSA) is 83.4 Å². The molecule has 0 saturated heterocycles. The van der Waals surface area contributed by atoms with Crippen molar-refractivity contribution in [1.82, 2.24) is 19.9 Å². The minimum absolute atomic E-state index is 0. The number of anilines is 1. The first kappa shape index (κ1) is 20.1. The number of nitrogens with two attached hydrogens (primary N) is 1. The zero-order chi connectivity index (χ0) is 20.8. The van der Waals surface area contributed by atoms with Crippen molar-refractivity contribution in [3.8, 4) is 11.1 Å². The molecule has 0 amide bonds. The SMILES string of the molecule is Nc1cccc(-c2cc3cc4ccc(cc5nc(cc6nc(cc2[nH]3)C=C6)C=C5)[nH]4)c1.[Mn]. The number of H-pyrrole nitrogens is 2. The van der Waals surface area contributed by atoms with Gasteiger partial charge in [-0.15, -0.1) is 0 Å². The Morgan fingerprint density at radius 1 is 0.594 bits per heavy atom. The van der Waals surface area contributed by atoms with Gasteiger partial charge in [0, 0.05) is 50.4 Å². The van der Waals surface area contributed by atoms with E-state index in [2.05, 4.69) is 51.4 Å². The second-order valence-corrected chi connectivity index (χ2v) is 7.71. The summed E-state index contributed by atoms with van der Waals surface area (Å²) in [6.45, 7) is 0. The Morgan fingerprint density at radius 2 is 1.25 bits per heavy atom. The molecule has 0 spiro atoms. The van der Waals surface area contributed by atoms with Crippen LogP contribution in [0.15, 0.2) is 66.7 Å². The standard InChI is InChI=1S/C26H19N5.Mn/c27-17-3-1-2-16(10-17)25-14-24-13-22-7-6-20(29-22)11-18-4-5-19(28-18)12-21-8-9-23(30-21)15-26(25)31-24;/h1-15,29,31H,27H2;. The van der Waals surface area contributed by atoms with Crippen LogP contribution in [0.25, 0.3) is 57.5 Å². The first-order chi connectivity index (χ1) is 15.2. The van der Waals surface area contributed by atoms with E-state index in [1.54, 1.807) is 0 Å². The number of benzene rings is 1. The molecule has 0 atom stereocenters. The van der Waals surface area contributed by atoms with Gasteiger partial charge in [-0.25, -0.2) is 9.97 Å². The summed E-state index contributed by atoms with van der Waals surface area (Å²) in [5.41, 5.74) is 16.5. The summed E-state index contributed by atoms with van der Waals surface area (Å²) < 4.78 is 0. The number of hydrogen-bond acceptors (Lipinski definition) is 3. The van der Waals surface area contributed by atoms with E-state index < -0.39 is 0 Å². The number of rotatable bonds is 1. The minimum atomic E-state index is 0. The monoisotopic (exact) mass is 456 g/mol. The average Bonchev–Trinajstić information content (AvgIpc) is 3.53. The number of nitrogen functional groups attached to an aromatic ring is 1. The molecule has 1 radical (unpaired) electrons. The number of nitrogens with one attached hydrogen (secondary N) is 2. The molecule has 0 fully saturated rings. The largest absolute Gasteiger partial charge is 0.399 e. The first-order valence-corrected chi connectivity index (χ1v) is 10.1. The van der Waals surface area contributed by atoms with Gasteiger partial charge in [0.1, 0.15) is 0 Å². The van der Waals surface area contributed by atoms with Crippen molar-refractivity contribution in [1.29, 1.82) is 0 Å². The summed E-state index contributed by atoms with van der Waals surface area (Å²) in [5, 5.41) is 0. The van der Waals surface area contributed by atoms with Crippen LogP contribution in [0.1, 0.15) is 22.8 Å². The molecule has 3 aromatic heterocycles. The van der Waals surface area contributed by atoms with Crippen LogP contribution in [0.4, 0.5) is 5.69 Å². The van der Waals surface area contributed by atoms with Gasteiger partial charge in [0.25, 0.3) is 0 Å². The maximum Gasteiger partial charge on any atom is 0.0659 e. The van der Waals surface area contributed by atoms with Gasteiger partial charge in [0.05, 0.1) is 22.8 Å². The Hall–Kier alpha value is -3.86. The van der Waals surface area contributed by atoms with Crippen LogP contribution >= 0.6 is 0 Å². The summed E-state index contributed by atoms with van der Waals surface area (Å²) in [6, 6.07) is 22.4. The van der Waals surface area contributed by atoms with Crippen molar-refractivity contribution < 1.29 is 17.1 Å². The first-order valence-electron chi connectivity index (χ1n) is 10.1. The fourth-order valence-corrected chi connectivity index (χ4v) is 3.96. The summed E-state index contributed by atoms with van der Waals surface area (Å²) in [7, 11) is 0. The zero-order valence-corrected chi connectivity index (χ0v) is 18.2. The van der Waals surface area contributed by atoms with Gasteiger partial charge in [0.15, 0.2) is 0 Å². The summed E-state index contributed by atoms with van der Waals surface area (Å²) in [6.07, 6.45) is 8.05. The van der Waals surface area contributed by atoms with Crippen LogP contribution < -0.4 is 5.73 Å². The van der Waals surface area contributed by atoms with Gasteiger partial charge in [-0.2, -0.15) is 0 Å². The quantitative estimate of drug-likeness (QED) is 0.213. The Balaban J connectivity index is 0.00000216. The summed E-state index contributed by atoms with van der Waals surface area (Å²) >= 11 is 0. The van der Waals surface area contributed by atoms with Crippen molar-refractivity contribution in [3.63, 3.8) is 0 Å². The molecule has 2 aliphatic heterocycles. The Morgan fingerprint density at radius 3 is 1.97 bits per heavy atom.